The summed E-state index contributed by atoms with van der Waals surface area (Å²) < 4.78 is 30.7. The van der Waals surface area contributed by atoms with Crippen LogP contribution in [0.25, 0.3) is 0 Å². The predicted molar refractivity (Wildman–Crippen MR) is 80.5 cm³/mol. The van der Waals surface area contributed by atoms with Crippen LogP contribution in [0.3, 0.4) is 0 Å². The Bertz CT molecular complexity index is 667. The van der Waals surface area contributed by atoms with Crippen molar-refractivity contribution in [2.24, 2.45) is 0 Å². The van der Waals surface area contributed by atoms with E-state index in [1.807, 2.05) is 6.92 Å². The molecule has 2 rings (SSSR count). The van der Waals surface area contributed by atoms with Crippen LogP contribution in [-0.4, -0.2) is 38.0 Å². The lowest BCUT2D eigenvalue weighted by atomic mass is 10.3. The van der Waals surface area contributed by atoms with Gasteiger partial charge in [0.2, 0.25) is 11.1 Å². The Kier molecular flexibility index (Phi) is 5.85. The third-order valence-electron chi connectivity index (χ3n) is 2.81. The van der Waals surface area contributed by atoms with Gasteiger partial charge in [0.05, 0.1) is 10.9 Å². The second-order valence-electron chi connectivity index (χ2n) is 4.40. The van der Waals surface area contributed by atoms with E-state index in [1.165, 1.54) is 23.9 Å². The number of anilines is 1. The molecule has 1 atom stereocenters. The molecule has 0 aliphatic rings. The fraction of sp³-hybridized carbons (Fsp3) is 0.385. The van der Waals surface area contributed by atoms with E-state index in [9.17, 15) is 13.6 Å². The molecular formula is C13H15F2N5O2S. The Morgan fingerprint density at radius 2 is 2.17 bits per heavy atom. The van der Waals surface area contributed by atoms with Crippen molar-refractivity contribution in [3.05, 3.63) is 24.3 Å². The van der Waals surface area contributed by atoms with E-state index in [1.54, 1.807) is 23.7 Å². The summed E-state index contributed by atoms with van der Waals surface area (Å²) in [7, 11) is 0. The Morgan fingerprint density at radius 3 is 2.87 bits per heavy atom. The number of aryl methyl sites for hydroxylation is 1. The molecule has 1 aromatic heterocycles. The van der Waals surface area contributed by atoms with Crippen LogP contribution in [0.15, 0.2) is 29.4 Å². The van der Waals surface area contributed by atoms with E-state index in [0.717, 1.165) is 0 Å². The average Bonchev–Trinajstić information content (AvgIpc) is 2.95. The van der Waals surface area contributed by atoms with E-state index in [2.05, 4.69) is 25.6 Å². The zero-order chi connectivity index (χ0) is 16.8. The number of nitrogens with zero attached hydrogens (tertiary/aromatic N) is 4. The minimum absolute atomic E-state index is 0.0913. The Hall–Kier alpha value is -2.23. The highest BCUT2D eigenvalue weighted by molar-refractivity contribution is 8.00. The summed E-state index contributed by atoms with van der Waals surface area (Å²) in [6.07, 6.45) is 0. The fourth-order valence-electron chi connectivity index (χ4n) is 1.69. The molecule has 0 radical (unpaired) electrons. The number of hydrogen-bond acceptors (Lipinski definition) is 6. The topological polar surface area (TPSA) is 81.9 Å². The van der Waals surface area contributed by atoms with Crippen LogP contribution >= 0.6 is 11.8 Å². The number of carbonyl (C=O) groups is 1. The summed E-state index contributed by atoms with van der Waals surface area (Å²) in [6.45, 7) is 1.16. The molecule has 0 aliphatic carbocycles. The van der Waals surface area contributed by atoms with Crippen molar-refractivity contribution < 1.29 is 18.3 Å². The van der Waals surface area contributed by atoms with Gasteiger partial charge in [-0.05, 0) is 36.4 Å². The minimum Gasteiger partial charge on any atom is -0.433 e. The van der Waals surface area contributed by atoms with Gasteiger partial charge in [-0.25, -0.2) is 4.68 Å². The maximum atomic E-state index is 12.4. The van der Waals surface area contributed by atoms with Gasteiger partial charge in [0.1, 0.15) is 5.75 Å². The first-order chi connectivity index (χ1) is 11.0. The SMILES string of the molecule is CCn1nnnc1SC(C)C(=O)Nc1ccccc1OC(F)F. The number of rotatable bonds is 7. The molecule has 0 bridgehead atoms. The number of carbonyl (C=O) groups excluding carboxylic acids is 1. The molecule has 0 saturated heterocycles. The normalized spacial score (nSPS) is 12.2. The largest absolute Gasteiger partial charge is 0.433 e. The molecule has 2 aromatic rings. The van der Waals surface area contributed by atoms with Crippen molar-refractivity contribution in [3.63, 3.8) is 0 Å². The first kappa shape index (κ1) is 17.1. The van der Waals surface area contributed by atoms with Crippen molar-refractivity contribution in [1.29, 1.82) is 0 Å². The summed E-state index contributed by atoms with van der Waals surface area (Å²) in [6, 6.07) is 6.00. The summed E-state index contributed by atoms with van der Waals surface area (Å²) in [4.78, 5) is 12.2. The number of ether oxygens (including phenoxy) is 1. The van der Waals surface area contributed by atoms with Gasteiger partial charge in [0, 0.05) is 6.54 Å². The van der Waals surface area contributed by atoms with Gasteiger partial charge < -0.3 is 10.1 Å². The molecular weight excluding hydrogens is 328 g/mol. The molecule has 124 valence electrons. The molecule has 7 nitrogen and oxygen atoms in total. The van der Waals surface area contributed by atoms with E-state index in [0.29, 0.717) is 11.7 Å². The van der Waals surface area contributed by atoms with Gasteiger partial charge in [-0.3, -0.25) is 4.79 Å². The number of tetrazole rings is 1. The first-order valence-electron chi connectivity index (χ1n) is 6.78. The number of para-hydroxylation sites is 2. The van der Waals surface area contributed by atoms with E-state index in [-0.39, 0.29) is 17.3 Å². The number of hydrogen-bond donors (Lipinski definition) is 1. The van der Waals surface area contributed by atoms with Gasteiger partial charge in [-0.2, -0.15) is 8.78 Å². The number of halogens is 2. The zero-order valence-electron chi connectivity index (χ0n) is 12.4. The van der Waals surface area contributed by atoms with Crippen LogP contribution in [0.5, 0.6) is 5.75 Å². The summed E-state index contributed by atoms with van der Waals surface area (Å²) in [5.41, 5.74) is 0.181. The van der Waals surface area contributed by atoms with Crippen molar-refractivity contribution in [1.82, 2.24) is 20.2 Å². The van der Waals surface area contributed by atoms with Gasteiger partial charge in [0.25, 0.3) is 0 Å². The number of thioether (sulfide) groups is 1. The minimum atomic E-state index is -2.96. The lowest BCUT2D eigenvalue weighted by molar-refractivity contribution is -0.115. The van der Waals surface area contributed by atoms with Crippen LogP contribution in [0, 0.1) is 0 Å². The first-order valence-corrected chi connectivity index (χ1v) is 7.66. The summed E-state index contributed by atoms with van der Waals surface area (Å²) >= 11 is 1.17. The second kappa shape index (κ2) is 7.86. The van der Waals surface area contributed by atoms with Gasteiger partial charge >= 0.3 is 6.61 Å². The highest BCUT2D eigenvalue weighted by atomic mass is 32.2. The van der Waals surface area contributed by atoms with Crippen LogP contribution in [0.1, 0.15) is 13.8 Å². The maximum absolute atomic E-state index is 12.4. The molecule has 0 fully saturated rings. The van der Waals surface area contributed by atoms with E-state index >= 15 is 0 Å². The van der Waals surface area contributed by atoms with Crippen LogP contribution in [0.4, 0.5) is 14.5 Å². The zero-order valence-corrected chi connectivity index (χ0v) is 13.3. The number of aromatic nitrogens is 4. The van der Waals surface area contributed by atoms with E-state index in [4.69, 9.17) is 0 Å². The number of nitrogens with one attached hydrogen (secondary N) is 1. The predicted octanol–water partition coefficient (Wildman–Crippen LogP) is 2.41. The summed E-state index contributed by atoms with van der Waals surface area (Å²) in [5.74, 6) is -0.461. The number of alkyl halides is 2. The van der Waals surface area contributed by atoms with Crippen LogP contribution in [-0.2, 0) is 11.3 Å². The Labute approximate surface area is 135 Å². The maximum Gasteiger partial charge on any atom is 0.387 e. The molecule has 0 spiro atoms. The molecule has 1 aromatic carbocycles. The van der Waals surface area contributed by atoms with Gasteiger partial charge in [-0.15, -0.1) is 5.10 Å². The Balaban J connectivity index is 2.04. The molecule has 1 N–H and O–H groups in total. The van der Waals surface area contributed by atoms with Crippen molar-refractivity contribution in [2.45, 2.75) is 37.4 Å². The molecule has 1 heterocycles. The highest BCUT2D eigenvalue weighted by Gasteiger charge is 2.20. The molecule has 1 unspecified atom stereocenters. The summed E-state index contributed by atoms with van der Waals surface area (Å²) in [5, 5.41) is 13.7. The fourth-order valence-corrected chi connectivity index (χ4v) is 2.55. The third kappa shape index (κ3) is 4.62. The molecule has 0 saturated carbocycles. The van der Waals surface area contributed by atoms with Gasteiger partial charge in [-0.1, -0.05) is 23.9 Å². The Morgan fingerprint density at radius 1 is 1.43 bits per heavy atom. The smallest absolute Gasteiger partial charge is 0.387 e. The number of benzene rings is 1. The lowest BCUT2D eigenvalue weighted by Crippen LogP contribution is -2.23. The molecule has 10 heteroatoms. The molecule has 0 aliphatic heterocycles. The van der Waals surface area contributed by atoms with E-state index < -0.39 is 11.9 Å². The number of amides is 1. The third-order valence-corrected chi connectivity index (χ3v) is 3.88. The van der Waals surface area contributed by atoms with Gasteiger partial charge in [0.15, 0.2) is 0 Å². The van der Waals surface area contributed by atoms with Crippen molar-refractivity contribution >= 4 is 23.4 Å². The standard InChI is InChI=1S/C13H15F2N5O2S/c1-3-20-13(17-18-19-20)23-8(2)11(21)16-9-6-4-5-7-10(9)22-12(14)15/h4-8,12H,3H2,1-2H3,(H,16,21). The second-order valence-corrected chi connectivity index (χ2v) is 5.71. The van der Waals surface area contributed by atoms with Crippen LogP contribution < -0.4 is 10.1 Å². The molecule has 1 amide bonds. The highest BCUT2D eigenvalue weighted by Crippen LogP contribution is 2.27. The lowest BCUT2D eigenvalue weighted by Gasteiger charge is -2.14. The average molecular weight is 343 g/mol. The monoisotopic (exact) mass is 343 g/mol. The van der Waals surface area contributed by atoms with Crippen molar-refractivity contribution in [2.75, 3.05) is 5.32 Å². The quantitative estimate of drug-likeness (QED) is 0.778. The van der Waals surface area contributed by atoms with Crippen molar-refractivity contribution in [3.8, 4) is 5.75 Å². The van der Waals surface area contributed by atoms with Crippen LogP contribution in [0.2, 0.25) is 0 Å². The molecule has 23 heavy (non-hydrogen) atoms.